The second kappa shape index (κ2) is 12.8. The van der Waals surface area contributed by atoms with Gasteiger partial charge in [0, 0.05) is 24.8 Å². The van der Waals surface area contributed by atoms with Gasteiger partial charge in [-0.25, -0.2) is 4.79 Å². The van der Waals surface area contributed by atoms with Gasteiger partial charge in [0.25, 0.3) is 0 Å². The molecule has 1 N–H and O–H groups in total. The molecular formula is C35H46N2O2. The van der Waals surface area contributed by atoms with Crippen molar-refractivity contribution in [3.05, 3.63) is 77.4 Å². The Balaban J connectivity index is 1.73. The minimum Gasteiger partial charge on any atom is -0.462 e. The van der Waals surface area contributed by atoms with E-state index in [-0.39, 0.29) is 11.4 Å². The Morgan fingerprint density at radius 1 is 0.897 bits per heavy atom. The van der Waals surface area contributed by atoms with Gasteiger partial charge in [-0.2, -0.15) is 0 Å². The van der Waals surface area contributed by atoms with Crippen LogP contribution in [0.1, 0.15) is 82.3 Å². The van der Waals surface area contributed by atoms with Crippen molar-refractivity contribution >= 4 is 11.7 Å². The number of benzene rings is 3. The first-order valence-electron chi connectivity index (χ1n) is 14.8. The molecule has 0 amide bonds. The van der Waals surface area contributed by atoms with Crippen molar-refractivity contribution in [1.29, 1.82) is 0 Å². The Morgan fingerprint density at radius 3 is 2.18 bits per heavy atom. The monoisotopic (exact) mass is 526 g/mol. The lowest BCUT2D eigenvalue weighted by atomic mass is 9.82. The van der Waals surface area contributed by atoms with Crippen LogP contribution in [-0.4, -0.2) is 38.3 Å². The highest BCUT2D eigenvalue weighted by Gasteiger charge is 2.22. The zero-order chi connectivity index (χ0) is 28.0. The van der Waals surface area contributed by atoms with E-state index in [0.29, 0.717) is 12.2 Å². The summed E-state index contributed by atoms with van der Waals surface area (Å²) in [6, 6.07) is 22.4. The number of rotatable bonds is 12. The number of ether oxygens (including phenoxy) is 1. The number of carbonyl (C=O) groups excluding carboxylic acids is 1. The highest BCUT2D eigenvalue weighted by Crippen LogP contribution is 2.38. The lowest BCUT2D eigenvalue weighted by Crippen LogP contribution is -2.26. The van der Waals surface area contributed by atoms with Gasteiger partial charge < -0.3 is 15.0 Å². The molecule has 1 aliphatic carbocycles. The molecule has 4 heteroatoms. The van der Waals surface area contributed by atoms with Crippen LogP contribution in [0.2, 0.25) is 0 Å². The SMILES string of the molecule is CCOC(=O)c1ccc(-c2ccc(CCCNC3CC3)c(-c3ccc(N(CC)CC)c(C(C)(C)C)c3)c2)cc1. The average Bonchev–Trinajstić information content (AvgIpc) is 3.76. The van der Waals surface area contributed by atoms with Crippen LogP contribution < -0.4 is 10.2 Å². The van der Waals surface area contributed by atoms with Crippen molar-refractivity contribution in [2.24, 2.45) is 0 Å². The number of nitrogens with one attached hydrogen (secondary N) is 1. The molecule has 1 saturated carbocycles. The highest BCUT2D eigenvalue weighted by atomic mass is 16.5. The van der Waals surface area contributed by atoms with E-state index in [0.717, 1.165) is 49.6 Å². The number of anilines is 1. The van der Waals surface area contributed by atoms with E-state index in [4.69, 9.17) is 4.74 Å². The fraction of sp³-hybridized carbons (Fsp3) is 0.457. The van der Waals surface area contributed by atoms with Crippen LogP contribution in [0.15, 0.2) is 60.7 Å². The van der Waals surface area contributed by atoms with Crippen LogP contribution >= 0.6 is 0 Å². The molecule has 4 nitrogen and oxygen atoms in total. The molecule has 0 spiro atoms. The van der Waals surface area contributed by atoms with E-state index >= 15 is 0 Å². The molecule has 0 radical (unpaired) electrons. The van der Waals surface area contributed by atoms with E-state index in [9.17, 15) is 4.79 Å². The Labute approximate surface area is 235 Å². The van der Waals surface area contributed by atoms with Gasteiger partial charge in [-0.3, -0.25) is 0 Å². The van der Waals surface area contributed by atoms with Crippen molar-refractivity contribution < 1.29 is 9.53 Å². The van der Waals surface area contributed by atoms with Gasteiger partial charge in [0.05, 0.1) is 12.2 Å². The zero-order valence-electron chi connectivity index (χ0n) is 24.8. The summed E-state index contributed by atoms with van der Waals surface area (Å²) in [6.45, 7) is 16.7. The molecule has 0 atom stereocenters. The van der Waals surface area contributed by atoms with Gasteiger partial charge in [0.2, 0.25) is 0 Å². The number of aryl methyl sites for hydroxylation is 1. The standard InChI is InChI=1S/C35H46N2O2/c1-7-37(8-2)33-21-18-29(24-32(33)35(4,5)6)31-23-28(17-14-26(31)11-10-22-36-30-19-20-30)25-12-15-27(16-13-25)34(38)39-9-3/h12-18,21,23-24,30,36H,7-11,19-20,22H2,1-6H3. The summed E-state index contributed by atoms with van der Waals surface area (Å²) in [7, 11) is 0. The van der Waals surface area contributed by atoms with Crippen LogP contribution in [0.25, 0.3) is 22.3 Å². The molecule has 0 saturated heterocycles. The van der Waals surface area contributed by atoms with Gasteiger partial charge >= 0.3 is 5.97 Å². The van der Waals surface area contributed by atoms with Crippen molar-refractivity contribution in [2.75, 3.05) is 31.1 Å². The van der Waals surface area contributed by atoms with Gasteiger partial charge in [-0.15, -0.1) is 0 Å². The van der Waals surface area contributed by atoms with Gasteiger partial charge in [0.1, 0.15) is 0 Å². The molecule has 3 aromatic rings. The molecule has 0 aliphatic heterocycles. The molecule has 0 bridgehead atoms. The van der Waals surface area contributed by atoms with E-state index in [1.807, 2.05) is 31.2 Å². The summed E-state index contributed by atoms with van der Waals surface area (Å²) in [5, 5.41) is 3.67. The van der Waals surface area contributed by atoms with Crippen LogP contribution in [-0.2, 0) is 16.6 Å². The number of hydrogen-bond donors (Lipinski definition) is 1. The summed E-state index contributed by atoms with van der Waals surface area (Å²) in [5.74, 6) is -0.275. The fourth-order valence-corrected chi connectivity index (χ4v) is 5.27. The summed E-state index contributed by atoms with van der Waals surface area (Å²) < 4.78 is 5.17. The van der Waals surface area contributed by atoms with Crippen LogP contribution in [0.4, 0.5) is 5.69 Å². The van der Waals surface area contributed by atoms with Crippen LogP contribution in [0, 0.1) is 0 Å². The average molecular weight is 527 g/mol. The Bertz CT molecular complexity index is 1250. The van der Waals surface area contributed by atoms with Gasteiger partial charge in [0.15, 0.2) is 0 Å². The van der Waals surface area contributed by atoms with Crippen LogP contribution in [0.3, 0.4) is 0 Å². The van der Waals surface area contributed by atoms with E-state index < -0.39 is 0 Å². The lowest BCUT2D eigenvalue weighted by Gasteiger charge is -2.31. The van der Waals surface area contributed by atoms with E-state index in [1.54, 1.807) is 0 Å². The lowest BCUT2D eigenvalue weighted by molar-refractivity contribution is 0.0526. The first-order valence-corrected chi connectivity index (χ1v) is 14.8. The first kappa shape index (κ1) is 28.9. The third-order valence-electron chi connectivity index (χ3n) is 7.69. The van der Waals surface area contributed by atoms with Crippen LogP contribution in [0.5, 0.6) is 0 Å². The minimum atomic E-state index is -0.275. The molecular weight excluding hydrogens is 480 g/mol. The van der Waals surface area contributed by atoms with Gasteiger partial charge in [-0.05, 0) is 122 Å². The zero-order valence-corrected chi connectivity index (χ0v) is 24.8. The largest absolute Gasteiger partial charge is 0.462 e. The van der Waals surface area contributed by atoms with E-state index in [2.05, 4.69) is 81.2 Å². The predicted molar refractivity (Wildman–Crippen MR) is 165 cm³/mol. The second-order valence-electron chi connectivity index (χ2n) is 11.7. The Hall–Kier alpha value is -3.11. The minimum absolute atomic E-state index is 0.0306. The number of esters is 1. The van der Waals surface area contributed by atoms with Gasteiger partial charge in [-0.1, -0.05) is 51.1 Å². The predicted octanol–water partition coefficient (Wildman–Crippen LogP) is 8.03. The molecule has 3 aromatic carbocycles. The normalized spacial score (nSPS) is 13.4. The van der Waals surface area contributed by atoms with Crippen molar-refractivity contribution in [1.82, 2.24) is 5.32 Å². The third-order valence-corrected chi connectivity index (χ3v) is 7.69. The maximum atomic E-state index is 12.1. The summed E-state index contributed by atoms with van der Waals surface area (Å²) in [4.78, 5) is 14.6. The second-order valence-corrected chi connectivity index (χ2v) is 11.7. The maximum Gasteiger partial charge on any atom is 0.338 e. The van der Waals surface area contributed by atoms with Crippen molar-refractivity contribution in [3.63, 3.8) is 0 Å². The molecule has 4 rings (SSSR count). The number of carbonyl (C=O) groups is 1. The topological polar surface area (TPSA) is 41.6 Å². The first-order chi connectivity index (χ1) is 18.7. The third kappa shape index (κ3) is 7.30. The Morgan fingerprint density at radius 2 is 1.56 bits per heavy atom. The molecule has 0 aromatic heterocycles. The molecule has 1 fully saturated rings. The maximum absolute atomic E-state index is 12.1. The quantitative estimate of drug-likeness (QED) is 0.192. The summed E-state index contributed by atoms with van der Waals surface area (Å²) in [6.07, 6.45) is 4.81. The van der Waals surface area contributed by atoms with E-state index in [1.165, 1.54) is 40.8 Å². The van der Waals surface area contributed by atoms with Crippen molar-refractivity contribution in [2.45, 2.75) is 78.7 Å². The number of hydrogen-bond acceptors (Lipinski definition) is 4. The molecule has 0 heterocycles. The molecule has 0 unspecified atom stereocenters. The van der Waals surface area contributed by atoms with Crippen molar-refractivity contribution in [3.8, 4) is 22.3 Å². The number of nitrogens with zero attached hydrogens (tertiary/aromatic N) is 1. The molecule has 1 aliphatic rings. The summed E-state index contributed by atoms with van der Waals surface area (Å²) >= 11 is 0. The smallest absolute Gasteiger partial charge is 0.338 e. The summed E-state index contributed by atoms with van der Waals surface area (Å²) in [5.41, 5.74) is 9.54. The molecule has 39 heavy (non-hydrogen) atoms. The fourth-order valence-electron chi connectivity index (χ4n) is 5.27. The molecule has 208 valence electrons. The Kier molecular flexibility index (Phi) is 9.50. The highest BCUT2D eigenvalue weighted by molar-refractivity contribution is 5.90.